The number of ether oxygens (including phenoxy) is 1. The van der Waals surface area contributed by atoms with Crippen molar-refractivity contribution >= 4 is 11.0 Å². The van der Waals surface area contributed by atoms with Crippen LogP contribution < -0.4 is 5.32 Å². The number of hydrogen-bond donors (Lipinski definition) is 2. The van der Waals surface area contributed by atoms with Crippen molar-refractivity contribution in [3.05, 3.63) is 30.1 Å². The summed E-state index contributed by atoms with van der Waals surface area (Å²) in [6.45, 7) is 6.32. The molecule has 2 N–H and O–H groups in total. The molecule has 20 heavy (non-hydrogen) atoms. The molecule has 106 valence electrons. The number of nitrogens with zero attached hydrogens (tertiary/aromatic N) is 1. The van der Waals surface area contributed by atoms with Crippen molar-refractivity contribution in [2.45, 2.75) is 39.0 Å². The van der Waals surface area contributed by atoms with Crippen LogP contribution in [0.2, 0.25) is 0 Å². The molecule has 1 aromatic carbocycles. The zero-order valence-corrected chi connectivity index (χ0v) is 12.0. The standard InChI is InChI=1S/C16H21N3O/c1-16(2)14(10-7-8-20-15(10)16)17-9-13-18-11-5-3-4-6-12(11)19-13/h3-6,10,14-15,17H,7-9H2,1-2H3,(H,18,19). The Morgan fingerprint density at radius 3 is 3.10 bits per heavy atom. The molecule has 2 heterocycles. The monoisotopic (exact) mass is 271 g/mol. The Morgan fingerprint density at radius 1 is 1.40 bits per heavy atom. The van der Waals surface area contributed by atoms with E-state index in [1.54, 1.807) is 0 Å². The number of imidazole rings is 1. The quantitative estimate of drug-likeness (QED) is 0.901. The molecule has 2 fully saturated rings. The fourth-order valence-electron chi connectivity index (χ4n) is 4.03. The van der Waals surface area contributed by atoms with Crippen LogP contribution in [0.5, 0.6) is 0 Å². The summed E-state index contributed by atoms with van der Waals surface area (Å²) in [5.74, 6) is 1.69. The lowest BCUT2D eigenvalue weighted by Crippen LogP contribution is -2.65. The molecule has 4 rings (SSSR count). The first-order valence-corrected chi connectivity index (χ1v) is 7.45. The number of fused-ring (bicyclic) bond motifs is 2. The second-order valence-corrected chi connectivity index (χ2v) is 6.62. The number of benzene rings is 1. The van der Waals surface area contributed by atoms with Gasteiger partial charge in [-0.3, -0.25) is 0 Å². The van der Waals surface area contributed by atoms with E-state index in [1.165, 1.54) is 6.42 Å². The van der Waals surface area contributed by atoms with Crippen molar-refractivity contribution in [1.29, 1.82) is 0 Å². The van der Waals surface area contributed by atoms with E-state index in [0.717, 1.165) is 30.0 Å². The summed E-state index contributed by atoms with van der Waals surface area (Å²) in [6, 6.07) is 8.70. The van der Waals surface area contributed by atoms with Gasteiger partial charge in [-0.2, -0.15) is 0 Å². The van der Waals surface area contributed by atoms with Crippen molar-refractivity contribution in [2.75, 3.05) is 6.61 Å². The molecule has 4 nitrogen and oxygen atoms in total. The Morgan fingerprint density at radius 2 is 2.25 bits per heavy atom. The van der Waals surface area contributed by atoms with E-state index >= 15 is 0 Å². The lowest BCUT2D eigenvalue weighted by molar-refractivity contribution is -0.113. The van der Waals surface area contributed by atoms with Crippen LogP contribution >= 0.6 is 0 Å². The number of hydrogen-bond acceptors (Lipinski definition) is 3. The molecule has 0 spiro atoms. The molecule has 0 radical (unpaired) electrons. The Balaban J connectivity index is 1.48. The number of H-pyrrole nitrogens is 1. The van der Waals surface area contributed by atoms with E-state index in [9.17, 15) is 0 Å². The highest BCUT2D eigenvalue weighted by Gasteiger charge is 2.58. The van der Waals surface area contributed by atoms with Crippen LogP contribution in [0.25, 0.3) is 11.0 Å². The molecule has 0 bridgehead atoms. The summed E-state index contributed by atoms with van der Waals surface area (Å²) in [6.07, 6.45) is 1.63. The third-order valence-electron chi connectivity index (χ3n) is 5.03. The fourth-order valence-corrected chi connectivity index (χ4v) is 4.03. The fraction of sp³-hybridized carbons (Fsp3) is 0.562. The smallest absolute Gasteiger partial charge is 0.121 e. The van der Waals surface area contributed by atoms with Crippen molar-refractivity contribution < 1.29 is 4.74 Å². The molecule has 3 unspecified atom stereocenters. The SMILES string of the molecule is CC1(C)C(NCc2nc3ccccc3[nH]2)C2CCOC21. The minimum Gasteiger partial charge on any atom is -0.377 e. The molecule has 4 heteroatoms. The van der Waals surface area contributed by atoms with Crippen molar-refractivity contribution in [1.82, 2.24) is 15.3 Å². The summed E-state index contributed by atoms with van der Waals surface area (Å²) in [7, 11) is 0. The summed E-state index contributed by atoms with van der Waals surface area (Å²) in [5, 5.41) is 3.68. The van der Waals surface area contributed by atoms with E-state index in [0.29, 0.717) is 18.1 Å². The van der Waals surface area contributed by atoms with Gasteiger partial charge in [-0.1, -0.05) is 26.0 Å². The number of nitrogens with one attached hydrogen (secondary N) is 2. The Hall–Kier alpha value is -1.39. The Labute approximate surface area is 118 Å². The first-order chi connectivity index (χ1) is 9.66. The highest BCUT2D eigenvalue weighted by Crippen LogP contribution is 2.52. The molecule has 1 saturated carbocycles. The minimum absolute atomic E-state index is 0.229. The van der Waals surface area contributed by atoms with Gasteiger partial charge in [0, 0.05) is 24.0 Å². The van der Waals surface area contributed by atoms with Crippen LogP contribution in [-0.4, -0.2) is 28.7 Å². The van der Waals surface area contributed by atoms with Gasteiger partial charge in [-0.05, 0) is 18.6 Å². The van der Waals surface area contributed by atoms with Crippen molar-refractivity contribution in [3.63, 3.8) is 0 Å². The molecule has 2 aliphatic rings. The lowest BCUT2D eigenvalue weighted by Gasteiger charge is -2.54. The van der Waals surface area contributed by atoms with Gasteiger partial charge in [0.15, 0.2) is 0 Å². The zero-order chi connectivity index (χ0) is 13.7. The predicted octanol–water partition coefficient (Wildman–Crippen LogP) is 2.47. The molecule has 1 aliphatic carbocycles. The minimum atomic E-state index is 0.229. The van der Waals surface area contributed by atoms with Crippen LogP contribution in [0.3, 0.4) is 0 Å². The largest absolute Gasteiger partial charge is 0.377 e. The van der Waals surface area contributed by atoms with Gasteiger partial charge in [0.1, 0.15) is 5.82 Å². The molecule has 1 aromatic heterocycles. The second kappa shape index (κ2) is 4.30. The van der Waals surface area contributed by atoms with Crippen LogP contribution in [-0.2, 0) is 11.3 Å². The molecule has 2 aromatic rings. The summed E-state index contributed by atoms with van der Waals surface area (Å²) in [5.41, 5.74) is 2.38. The molecule has 1 saturated heterocycles. The first kappa shape index (κ1) is 12.4. The van der Waals surface area contributed by atoms with E-state index < -0.39 is 0 Å². The molecule has 0 amide bonds. The lowest BCUT2D eigenvalue weighted by atomic mass is 9.57. The summed E-state index contributed by atoms with van der Waals surface area (Å²) < 4.78 is 5.83. The van der Waals surface area contributed by atoms with Crippen LogP contribution in [0.4, 0.5) is 0 Å². The summed E-state index contributed by atoms with van der Waals surface area (Å²) >= 11 is 0. The second-order valence-electron chi connectivity index (χ2n) is 6.62. The van der Waals surface area contributed by atoms with E-state index in [-0.39, 0.29) is 5.41 Å². The third kappa shape index (κ3) is 1.71. The maximum Gasteiger partial charge on any atom is 0.121 e. The maximum atomic E-state index is 5.83. The third-order valence-corrected chi connectivity index (χ3v) is 5.03. The van der Waals surface area contributed by atoms with E-state index in [1.807, 2.05) is 18.2 Å². The van der Waals surface area contributed by atoms with Gasteiger partial charge in [0.05, 0.1) is 23.7 Å². The topological polar surface area (TPSA) is 49.9 Å². The highest BCUT2D eigenvalue weighted by atomic mass is 16.5. The van der Waals surface area contributed by atoms with Gasteiger partial charge in [-0.15, -0.1) is 0 Å². The Kier molecular flexibility index (Phi) is 2.66. The zero-order valence-electron chi connectivity index (χ0n) is 12.0. The van der Waals surface area contributed by atoms with E-state index in [4.69, 9.17) is 4.74 Å². The van der Waals surface area contributed by atoms with Gasteiger partial charge in [-0.25, -0.2) is 4.98 Å². The van der Waals surface area contributed by atoms with E-state index in [2.05, 4.69) is 35.2 Å². The molecule has 3 atom stereocenters. The first-order valence-electron chi connectivity index (χ1n) is 7.45. The average Bonchev–Trinajstić information content (AvgIpc) is 3.03. The van der Waals surface area contributed by atoms with Gasteiger partial charge in [0.2, 0.25) is 0 Å². The van der Waals surface area contributed by atoms with Crippen molar-refractivity contribution in [3.8, 4) is 0 Å². The molecular formula is C16H21N3O. The highest BCUT2D eigenvalue weighted by molar-refractivity contribution is 5.74. The van der Waals surface area contributed by atoms with Crippen LogP contribution in [0.15, 0.2) is 24.3 Å². The van der Waals surface area contributed by atoms with Crippen LogP contribution in [0.1, 0.15) is 26.1 Å². The predicted molar refractivity (Wildman–Crippen MR) is 78.3 cm³/mol. The number of rotatable bonds is 3. The van der Waals surface area contributed by atoms with Gasteiger partial charge < -0.3 is 15.0 Å². The molecular weight excluding hydrogens is 250 g/mol. The molecule has 1 aliphatic heterocycles. The number of aromatic nitrogens is 2. The Bertz CT molecular complexity index is 600. The summed E-state index contributed by atoms with van der Waals surface area (Å²) in [4.78, 5) is 8.01. The van der Waals surface area contributed by atoms with Gasteiger partial charge in [0.25, 0.3) is 0 Å². The number of para-hydroxylation sites is 2. The van der Waals surface area contributed by atoms with Crippen molar-refractivity contribution in [2.24, 2.45) is 11.3 Å². The average molecular weight is 271 g/mol. The van der Waals surface area contributed by atoms with Crippen LogP contribution in [0, 0.1) is 11.3 Å². The number of aromatic amines is 1. The van der Waals surface area contributed by atoms with Gasteiger partial charge >= 0.3 is 0 Å². The maximum absolute atomic E-state index is 5.83. The normalized spacial score (nSPS) is 31.2.